The van der Waals surface area contributed by atoms with Gasteiger partial charge in [0.2, 0.25) is 11.5 Å². The van der Waals surface area contributed by atoms with E-state index in [1.54, 1.807) is 0 Å². The summed E-state index contributed by atoms with van der Waals surface area (Å²) < 4.78 is 20.0. The highest BCUT2D eigenvalue weighted by Gasteiger charge is 2.20. The van der Waals surface area contributed by atoms with Gasteiger partial charge in [0.25, 0.3) is 0 Å². The van der Waals surface area contributed by atoms with Gasteiger partial charge in [0, 0.05) is 23.0 Å². The van der Waals surface area contributed by atoms with E-state index in [1.807, 2.05) is 0 Å². The molecular formula is C11H16O8P+. The predicted molar refractivity (Wildman–Crippen MR) is 67.9 cm³/mol. The first-order valence-corrected chi connectivity index (χ1v) is 6.76. The minimum absolute atomic E-state index is 0.0175. The largest absolute Gasteiger partial charge is 0.697 e. The molecule has 9 heteroatoms. The average Bonchev–Trinajstić information content (AvgIpc) is 2.43. The Morgan fingerprint density at radius 3 is 2.65 bits per heavy atom. The second-order valence-electron chi connectivity index (χ2n) is 3.90. The maximum atomic E-state index is 10.8. The fourth-order valence-corrected chi connectivity index (χ4v) is 1.90. The van der Waals surface area contributed by atoms with Crippen molar-refractivity contribution in [2.75, 3.05) is 13.7 Å². The van der Waals surface area contributed by atoms with Crippen molar-refractivity contribution in [2.45, 2.75) is 18.9 Å². The lowest BCUT2D eigenvalue weighted by Crippen LogP contribution is -2.13. The molecule has 0 aliphatic heterocycles. The van der Waals surface area contributed by atoms with Gasteiger partial charge < -0.3 is 20.2 Å². The third-order valence-corrected chi connectivity index (χ3v) is 3.23. The van der Waals surface area contributed by atoms with E-state index in [-0.39, 0.29) is 25.2 Å². The SMILES string of the molecule is CO[P+](=O)OCCC(O)Cc1ccc(O)c(O)c1OO. The molecule has 4 N–H and O–H groups in total. The molecule has 2 atom stereocenters. The predicted octanol–water partition coefficient (Wildman–Crippen LogP) is 1.56. The van der Waals surface area contributed by atoms with Gasteiger partial charge in [0.15, 0.2) is 5.75 Å². The van der Waals surface area contributed by atoms with E-state index < -0.39 is 25.9 Å². The molecule has 112 valence electrons. The topological polar surface area (TPSA) is 126 Å². The second-order valence-corrected chi connectivity index (χ2v) is 4.97. The average molecular weight is 307 g/mol. The van der Waals surface area contributed by atoms with Crippen LogP contribution < -0.4 is 4.89 Å². The fourth-order valence-electron chi connectivity index (χ4n) is 1.54. The first-order chi connectivity index (χ1) is 9.49. The van der Waals surface area contributed by atoms with Crippen molar-refractivity contribution >= 4 is 8.25 Å². The van der Waals surface area contributed by atoms with E-state index in [4.69, 9.17) is 9.78 Å². The number of phenolic OH excluding ortho intramolecular Hbond substituents is 2. The molecule has 1 rings (SSSR count). The van der Waals surface area contributed by atoms with E-state index in [2.05, 4.69) is 9.41 Å². The van der Waals surface area contributed by atoms with Gasteiger partial charge in [-0.25, -0.2) is 5.26 Å². The number of benzene rings is 1. The summed E-state index contributed by atoms with van der Waals surface area (Å²) in [7, 11) is -0.951. The van der Waals surface area contributed by atoms with Gasteiger partial charge in [0.1, 0.15) is 6.61 Å². The summed E-state index contributed by atoms with van der Waals surface area (Å²) in [6, 6.07) is 2.60. The molecule has 1 aromatic carbocycles. The molecule has 20 heavy (non-hydrogen) atoms. The maximum Gasteiger partial charge on any atom is 0.697 e. The van der Waals surface area contributed by atoms with Crippen LogP contribution in [0.2, 0.25) is 0 Å². The molecule has 0 aliphatic carbocycles. The highest BCUT2D eigenvalue weighted by Crippen LogP contribution is 2.38. The summed E-state index contributed by atoms with van der Waals surface area (Å²) in [6.07, 6.45) is -0.679. The monoisotopic (exact) mass is 307 g/mol. The lowest BCUT2D eigenvalue weighted by Gasteiger charge is -2.12. The Bertz CT molecular complexity index is 464. The van der Waals surface area contributed by atoms with Gasteiger partial charge >= 0.3 is 8.25 Å². The maximum absolute atomic E-state index is 10.8. The van der Waals surface area contributed by atoms with Crippen LogP contribution in [0.4, 0.5) is 0 Å². The number of hydrogen-bond donors (Lipinski definition) is 4. The molecule has 0 fully saturated rings. The van der Waals surface area contributed by atoms with E-state index >= 15 is 0 Å². The van der Waals surface area contributed by atoms with Gasteiger partial charge in [-0.05, 0) is 6.07 Å². The summed E-state index contributed by atoms with van der Waals surface area (Å²) in [6.45, 7) is 0.0175. The van der Waals surface area contributed by atoms with Crippen molar-refractivity contribution < 1.29 is 39.1 Å². The Morgan fingerprint density at radius 1 is 1.35 bits per heavy atom. The van der Waals surface area contributed by atoms with Crippen molar-refractivity contribution in [1.82, 2.24) is 0 Å². The second kappa shape index (κ2) is 7.98. The van der Waals surface area contributed by atoms with Crippen LogP contribution >= 0.6 is 8.25 Å². The lowest BCUT2D eigenvalue weighted by molar-refractivity contribution is -0.140. The number of phenols is 2. The van der Waals surface area contributed by atoms with Crippen LogP contribution in [-0.4, -0.2) is 40.4 Å². The summed E-state index contributed by atoms with van der Waals surface area (Å²) in [5.41, 5.74) is 0.298. The molecule has 8 nitrogen and oxygen atoms in total. The third-order valence-electron chi connectivity index (χ3n) is 2.54. The highest BCUT2D eigenvalue weighted by molar-refractivity contribution is 7.33. The summed E-state index contributed by atoms with van der Waals surface area (Å²) in [4.78, 5) is 4.00. The summed E-state index contributed by atoms with van der Waals surface area (Å²) in [5, 5.41) is 37.2. The molecule has 2 unspecified atom stereocenters. The highest BCUT2D eigenvalue weighted by atomic mass is 31.1. The first kappa shape index (κ1) is 16.6. The van der Waals surface area contributed by atoms with Crippen LogP contribution in [0.5, 0.6) is 17.2 Å². The zero-order chi connectivity index (χ0) is 15.1. The number of rotatable bonds is 8. The van der Waals surface area contributed by atoms with Crippen LogP contribution in [0.1, 0.15) is 12.0 Å². The number of aliphatic hydroxyl groups is 1. The van der Waals surface area contributed by atoms with Gasteiger partial charge in [0.05, 0.1) is 13.2 Å². The standard InChI is InChI=1S/C11H15O8P/c1-17-20(16)18-5-4-8(12)6-7-2-3-9(13)10(14)11(7)19-15/h2-3,8,12H,4-6H2,1H3,(H2-,13,14,15)/p+1. The van der Waals surface area contributed by atoms with Crippen LogP contribution in [0.3, 0.4) is 0 Å². The third kappa shape index (κ3) is 4.59. The zero-order valence-corrected chi connectivity index (χ0v) is 11.6. The molecular weight excluding hydrogens is 291 g/mol. The van der Waals surface area contributed by atoms with Gasteiger partial charge in [-0.3, -0.25) is 0 Å². The Balaban J connectivity index is 2.60. The minimum atomic E-state index is -2.19. The first-order valence-electron chi connectivity index (χ1n) is 5.67. The van der Waals surface area contributed by atoms with Crippen LogP contribution in [0.25, 0.3) is 0 Å². The molecule has 0 heterocycles. The molecule has 0 radical (unpaired) electrons. The molecule has 1 aromatic rings. The van der Waals surface area contributed by atoms with Crippen molar-refractivity contribution in [2.24, 2.45) is 0 Å². The Labute approximate surface area is 116 Å². The summed E-state index contributed by atoms with van der Waals surface area (Å²) in [5.74, 6) is -1.39. The molecule has 0 aromatic heterocycles. The Morgan fingerprint density at radius 2 is 2.05 bits per heavy atom. The quantitative estimate of drug-likeness (QED) is 0.247. The molecule has 0 amide bonds. The lowest BCUT2D eigenvalue weighted by atomic mass is 10.0. The van der Waals surface area contributed by atoms with Crippen LogP contribution in [0.15, 0.2) is 12.1 Å². The Hall–Kier alpha value is -1.44. The van der Waals surface area contributed by atoms with Crippen molar-refractivity contribution in [3.63, 3.8) is 0 Å². The van der Waals surface area contributed by atoms with Crippen LogP contribution in [-0.2, 0) is 20.0 Å². The van der Waals surface area contributed by atoms with E-state index in [0.717, 1.165) is 0 Å². The number of aromatic hydroxyl groups is 2. The molecule has 0 aliphatic rings. The fraction of sp³-hybridized carbons (Fsp3) is 0.455. The smallest absolute Gasteiger partial charge is 0.504 e. The molecule has 0 bridgehead atoms. The van der Waals surface area contributed by atoms with Gasteiger partial charge in [-0.2, -0.15) is 0 Å². The van der Waals surface area contributed by atoms with Crippen molar-refractivity contribution in [1.29, 1.82) is 0 Å². The molecule has 0 saturated heterocycles. The van der Waals surface area contributed by atoms with Crippen molar-refractivity contribution in [3.8, 4) is 17.2 Å². The molecule has 0 spiro atoms. The Kier molecular flexibility index (Phi) is 6.63. The van der Waals surface area contributed by atoms with Crippen molar-refractivity contribution in [3.05, 3.63) is 17.7 Å². The van der Waals surface area contributed by atoms with Crippen LogP contribution in [0, 0.1) is 0 Å². The molecule has 0 saturated carbocycles. The van der Waals surface area contributed by atoms with E-state index in [1.165, 1.54) is 19.2 Å². The van der Waals surface area contributed by atoms with Gasteiger partial charge in [-0.1, -0.05) is 6.07 Å². The minimum Gasteiger partial charge on any atom is -0.504 e. The normalized spacial score (nSPS) is 13.1. The van der Waals surface area contributed by atoms with Gasteiger partial charge in [-0.15, -0.1) is 9.05 Å². The van der Waals surface area contributed by atoms with E-state index in [0.29, 0.717) is 5.56 Å². The number of hydrogen-bond acceptors (Lipinski definition) is 8. The number of aliphatic hydroxyl groups excluding tert-OH is 1. The van der Waals surface area contributed by atoms with E-state index in [9.17, 15) is 19.9 Å². The zero-order valence-electron chi connectivity index (χ0n) is 10.7. The summed E-state index contributed by atoms with van der Waals surface area (Å²) >= 11 is 0.